The van der Waals surface area contributed by atoms with Crippen LogP contribution in [0.25, 0.3) is 11.2 Å². The Morgan fingerprint density at radius 2 is 1.82 bits per heavy atom. The normalized spacial score (nSPS) is 16.7. The maximum atomic E-state index is 5.86. The Balaban J connectivity index is 1.57. The fraction of sp³-hybridized carbons (Fsp3) is 0.750. The number of nitrogens with one attached hydrogen (secondary N) is 1. The van der Waals surface area contributed by atoms with Crippen LogP contribution in [-0.2, 0) is 6.54 Å². The van der Waals surface area contributed by atoms with Crippen LogP contribution in [0.2, 0.25) is 0 Å². The van der Waals surface area contributed by atoms with E-state index in [2.05, 4.69) is 62.3 Å². The van der Waals surface area contributed by atoms with Crippen molar-refractivity contribution in [1.82, 2.24) is 29.3 Å². The molecule has 3 rings (SSSR count). The van der Waals surface area contributed by atoms with Gasteiger partial charge in [0.25, 0.3) is 0 Å². The predicted octanol–water partition coefficient (Wildman–Crippen LogP) is 2.43. The third kappa shape index (κ3) is 5.11. The molecule has 1 fully saturated rings. The molecule has 2 aromatic heterocycles. The molecule has 1 saturated heterocycles. The molecule has 0 amide bonds. The third-order valence-corrected chi connectivity index (χ3v) is 5.51. The van der Waals surface area contributed by atoms with Crippen LogP contribution in [-0.4, -0.2) is 74.1 Å². The molecule has 1 aliphatic heterocycles. The second kappa shape index (κ2) is 9.05. The van der Waals surface area contributed by atoms with Gasteiger partial charge in [-0.15, -0.1) is 0 Å². The van der Waals surface area contributed by atoms with Crippen LogP contribution in [0.3, 0.4) is 0 Å². The van der Waals surface area contributed by atoms with Crippen molar-refractivity contribution >= 4 is 22.9 Å². The fourth-order valence-electron chi connectivity index (χ4n) is 3.78. The highest BCUT2D eigenvalue weighted by Crippen LogP contribution is 2.21. The number of hydrogen-bond donors (Lipinski definition) is 2. The van der Waals surface area contributed by atoms with Crippen LogP contribution in [0, 0.1) is 0 Å². The molecule has 28 heavy (non-hydrogen) atoms. The fourth-order valence-corrected chi connectivity index (χ4v) is 3.78. The van der Waals surface area contributed by atoms with Crippen LogP contribution in [0.5, 0.6) is 0 Å². The highest BCUT2D eigenvalue weighted by Gasteiger charge is 2.25. The molecule has 3 heterocycles. The Labute approximate surface area is 168 Å². The van der Waals surface area contributed by atoms with Gasteiger partial charge in [-0.25, -0.2) is 4.98 Å². The molecule has 3 N–H and O–H groups in total. The van der Waals surface area contributed by atoms with Crippen molar-refractivity contribution in [3.05, 3.63) is 6.33 Å². The second-order valence-electron chi connectivity index (χ2n) is 8.67. The molecule has 0 bridgehead atoms. The number of imidazole rings is 1. The molecule has 1 aliphatic rings. The molecule has 0 atom stereocenters. The standard InChI is InChI=1S/C20H36N8/c1-5-6-8-22-17-16-18(25-19(21)24-17)23-15-27(16)10-7-9-26-11-13-28(14-12-26)20(2,3)4/h15H,5-14H2,1-4H3,(H3,21,22,24,25). The van der Waals surface area contributed by atoms with Gasteiger partial charge in [0.15, 0.2) is 11.5 Å². The number of nitrogens with zero attached hydrogens (tertiary/aromatic N) is 6. The quantitative estimate of drug-likeness (QED) is 0.672. The second-order valence-corrected chi connectivity index (χ2v) is 8.67. The molecule has 2 aromatic rings. The number of aromatic nitrogens is 4. The Kier molecular flexibility index (Phi) is 6.72. The Hall–Kier alpha value is -1.93. The lowest BCUT2D eigenvalue weighted by molar-refractivity contribution is 0.0614. The van der Waals surface area contributed by atoms with E-state index in [4.69, 9.17) is 5.73 Å². The number of fused-ring (bicyclic) bond motifs is 1. The van der Waals surface area contributed by atoms with E-state index >= 15 is 0 Å². The molecule has 156 valence electrons. The minimum absolute atomic E-state index is 0.269. The summed E-state index contributed by atoms with van der Waals surface area (Å²) in [5, 5.41) is 3.41. The lowest BCUT2D eigenvalue weighted by atomic mass is 10.0. The Morgan fingerprint density at radius 3 is 2.50 bits per heavy atom. The van der Waals surface area contributed by atoms with Crippen LogP contribution < -0.4 is 11.1 Å². The molecule has 8 heteroatoms. The van der Waals surface area contributed by atoms with Gasteiger partial charge in [0.1, 0.15) is 5.52 Å². The summed E-state index contributed by atoms with van der Waals surface area (Å²) in [5.74, 6) is 1.07. The van der Waals surface area contributed by atoms with Crippen molar-refractivity contribution in [1.29, 1.82) is 0 Å². The van der Waals surface area contributed by atoms with Gasteiger partial charge in [0.2, 0.25) is 5.95 Å². The summed E-state index contributed by atoms with van der Waals surface area (Å²) in [4.78, 5) is 18.3. The van der Waals surface area contributed by atoms with E-state index in [1.807, 2.05) is 6.33 Å². The first-order valence-electron chi connectivity index (χ1n) is 10.6. The maximum Gasteiger partial charge on any atom is 0.224 e. The molecule has 0 aliphatic carbocycles. The average molecular weight is 389 g/mol. The lowest BCUT2D eigenvalue weighted by Gasteiger charge is -2.42. The molecule has 0 saturated carbocycles. The van der Waals surface area contributed by atoms with Gasteiger partial charge >= 0.3 is 0 Å². The van der Waals surface area contributed by atoms with Gasteiger partial charge < -0.3 is 20.5 Å². The summed E-state index contributed by atoms with van der Waals surface area (Å²) in [5.41, 5.74) is 7.76. The molecular formula is C20H36N8. The molecule has 8 nitrogen and oxygen atoms in total. The van der Waals surface area contributed by atoms with Crippen molar-refractivity contribution in [3.8, 4) is 0 Å². The monoisotopic (exact) mass is 388 g/mol. The van der Waals surface area contributed by atoms with Gasteiger partial charge in [-0.2, -0.15) is 9.97 Å². The summed E-state index contributed by atoms with van der Waals surface area (Å²) in [7, 11) is 0. The summed E-state index contributed by atoms with van der Waals surface area (Å²) >= 11 is 0. The number of nitrogen functional groups attached to an aromatic ring is 1. The van der Waals surface area contributed by atoms with Crippen LogP contribution in [0.1, 0.15) is 47.0 Å². The molecule has 0 unspecified atom stereocenters. The van der Waals surface area contributed by atoms with E-state index in [9.17, 15) is 0 Å². The summed E-state index contributed by atoms with van der Waals surface area (Å²) < 4.78 is 2.16. The zero-order valence-electron chi connectivity index (χ0n) is 17.9. The Morgan fingerprint density at radius 1 is 1.07 bits per heavy atom. The van der Waals surface area contributed by atoms with Crippen LogP contribution in [0.15, 0.2) is 6.33 Å². The summed E-state index contributed by atoms with van der Waals surface area (Å²) in [6, 6.07) is 0. The van der Waals surface area contributed by atoms with Crippen molar-refractivity contribution in [2.24, 2.45) is 0 Å². The molecule has 0 radical (unpaired) electrons. The van der Waals surface area contributed by atoms with Gasteiger partial charge in [0.05, 0.1) is 6.33 Å². The minimum Gasteiger partial charge on any atom is -0.368 e. The first-order valence-corrected chi connectivity index (χ1v) is 10.6. The number of rotatable bonds is 8. The Bertz CT molecular complexity index is 755. The first kappa shape index (κ1) is 20.8. The van der Waals surface area contributed by atoms with E-state index in [-0.39, 0.29) is 11.5 Å². The number of piperazine rings is 1. The molecular weight excluding hydrogens is 352 g/mol. The number of hydrogen-bond acceptors (Lipinski definition) is 7. The number of anilines is 2. The third-order valence-electron chi connectivity index (χ3n) is 5.51. The van der Waals surface area contributed by atoms with Gasteiger partial charge in [-0.05, 0) is 40.2 Å². The van der Waals surface area contributed by atoms with Gasteiger partial charge in [0, 0.05) is 44.8 Å². The van der Waals surface area contributed by atoms with Crippen LogP contribution in [0.4, 0.5) is 11.8 Å². The smallest absolute Gasteiger partial charge is 0.224 e. The van der Waals surface area contributed by atoms with E-state index in [0.29, 0.717) is 5.65 Å². The predicted molar refractivity (Wildman–Crippen MR) is 116 cm³/mol. The largest absolute Gasteiger partial charge is 0.368 e. The van der Waals surface area contributed by atoms with E-state index in [0.717, 1.165) is 76.4 Å². The highest BCUT2D eigenvalue weighted by atomic mass is 15.3. The number of nitrogens with two attached hydrogens (primary N) is 1. The summed E-state index contributed by atoms with van der Waals surface area (Å²) in [6.45, 7) is 16.6. The number of aryl methyl sites for hydroxylation is 1. The molecule has 0 spiro atoms. The average Bonchev–Trinajstić information content (AvgIpc) is 3.04. The van der Waals surface area contributed by atoms with Gasteiger partial charge in [-0.1, -0.05) is 13.3 Å². The zero-order chi connectivity index (χ0) is 20.1. The zero-order valence-corrected chi connectivity index (χ0v) is 17.9. The van der Waals surface area contributed by atoms with Crippen LogP contribution >= 0.6 is 0 Å². The van der Waals surface area contributed by atoms with E-state index < -0.39 is 0 Å². The first-order chi connectivity index (χ1) is 13.4. The summed E-state index contributed by atoms with van der Waals surface area (Å²) in [6.07, 6.45) is 5.18. The van der Waals surface area contributed by atoms with Crippen molar-refractivity contribution in [2.75, 3.05) is 50.3 Å². The van der Waals surface area contributed by atoms with Crippen molar-refractivity contribution < 1.29 is 0 Å². The topological polar surface area (TPSA) is 88.1 Å². The minimum atomic E-state index is 0.269. The van der Waals surface area contributed by atoms with Crippen molar-refractivity contribution in [3.63, 3.8) is 0 Å². The van der Waals surface area contributed by atoms with Crippen molar-refractivity contribution in [2.45, 2.75) is 59.0 Å². The van der Waals surface area contributed by atoms with E-state index in [1.165, 1.54) is 0 Å². The maximum absolute atomic E-state index is 5.86. The lowest BCUT2D eigenvalue weighted by Crippen LogP contribution is -2.53. The molecule has 0 aromatic carbocycles. The van der Waals surface area contributed by atoms with Gasteiger partial charge in [-0.3, -0.25) is 4.90 Å². The highest BCUT2D eigenvalue weighted by molar-refractivity contribution is 5.84. The SMILES string of the molecule is CCCCNc1nc(N)nc2ncn(CCCN3CCN(C(C)(C)C)CC3)c12. The van der Waals surface area contributed by atoms with E-state index in [1.54, 1.807) is 0 Å². The number of unbranched alkanes of at least 4 members (excludes halogenated alkanes) is 1.